The molecule has 0 radical (unpaired) electrons. The van der Waals surface area contributed by atoms with E-state index in [1.54, 1.807) is 12.8 Å². The van der Waals surface area contributed by atoms with Gasteiger partial charge in [-0.3, -0.25) is 0 Å². The molecule has 0 aromatic rings. The molecule has 3 fully saturated rings. The van der Waals surface area contributed by atoms with Crippen molar-refractivity contribution in [2.45, 2.75) is 91.9 Å². The van der Waals surface area contributed by atoms with Crippen molar-refractivity contribution in [3.8, 4) is 0 Å². The van der Waals surface area contributed by atoms with Crippen LogP contribution in [0.2, 0.25) is 0 Å². The second kappa shape index (κ2) is 7.27. The molecule has 3 aliphatic carbocycles. The van der Waals surface area contributed by atoms with Gasteiger partial charge in [0.05, 0.1) is 0 Å². The summed E-state index contributed by atoms with van der Waals surface area (Å²) in [5.74, 6) is 8.16. The fraction of sp³-hybridized carbons (Fsp3) is 1.00. The molecule has 0 amide bonds. The smallest absolute Gasteiger partial charge is 0.0355 e. The van der Waals surface area contributed by atoms with Gasteiger partial charge in [0.2, 0.25) is 0 Å². The van der Waals surface area contributed by atoms with Crippen molar-refractivity contribution in [1.82, 2.24) is 0 Å². The van der Waals surface area contributed by atoms with E-state index in [9.17, 15) is 0 Å². The van der Waals surface area contributed by atoms with Crippen LogP contribution in [0.5, 0.6) is 0 Å². The van der Waals surface area contributed by atoms with E-state index in [-0.39, 0.29) is 0 Å². The molecule has 3 aliphatic rings. The van der Waals surface area contributed by atoms with Gasteiger partial charge in [-0.2, -0.15) is 0 Å². The average molecular weight is 305 g/mol. The van der Waals surface area contributed by atoms with Crippen LogP contribution in [0.3, 0.4) is 0 Å². The summed E-state index contributed by atoms with van der Waals surface area (Å²) in [6.45, 7) is 10.3. The zero-order chi connectivity index (χ0) is 15.7. The summed E-state index contributed by atoms with van der Waals surface area (Å²) in [6, 6.07) is 0. The third-order valence-corrected chi connectivity index (χ3v) is 8.21. The Morgan fingerprint density at radius 3 is 1.14 bits per heavy atom. The Balaban J connectivity index is 1.65. The van der Waals surface area contributed by atoms with E-state index >= 15 is 0 Å². The number of hydrogen-bond donors (Lipinski definition) is 0. The molecule has 0 N–H and O–H groups in total. The maximum absolute atomic E-state index is 2.61. The lowest BCUT2D eigenvalue weighted by Crippen LogP contribution is -2.41. The van der Waals surface area contributed by atoms with Crippen molar-refractivity contribution in [3.63, 3.8) is 0 Å². The Morgan fingerprint density at radius 2 is 0.773 bits per heavy atom. The van der Waals surface area contributed by atoms with Crippen molar-refractivity contribution in [2.75, 3.05) is 0 Å². The first-order chi connectivity index (χ1) is 10.6. The van der Waals surface area contributed by atoms with Crippen LogP contribution in [0.25, 0.3) is 0 Å². The van der Waals surface area contributed by atoms with E-state index < -0.39 is 0 Å². The maximum atomic E-state index is 2.61. The van der Waals surface area contributed by atoms with Crippen LogP contribution in [0.4, 0.5) is 0 Å². The zero-order valence-electron chi connectivity index (χ0n) is 15.7. The predicted molar refractivity (Wildman–Crippen MR) is 96.8 cm³/mol. The lowest BCUT2D eigenvalue weighted by atomic mass is 9.56. The van der Waals surface area contributed by atoms with E-state index in [2.05, 4.69) is 27.7 Å². The summed E-state index contributed by atoms with van der Waals surface area (Å²) in [7, 11) is 0. The fourth-order valence-electron chi connectivity index (χ4n) is 6.83. The molecule has 22 heavy (non-hydrogen) atoms. The highest BCUT2D eigenvalue weighted by Crippen LogP contribution is 2.51. The number of rotatable bonds is 2. The second-order valence-electron chi connectivity index (χ2n) is 9.60. The van der Waals surface area contributed by atoms with Gasteiger partial charge >= 0.3 is 0 Å². The van der Waals surface area contributed by atoms with Crippen LogP contribution in [-0.4, -0.2) is 0 Å². The predicted octanol–water partition coefficient (Wildman–Crippen LogP) is 6.94. The van der Waals surface area contributed by atoms with Crippen LogP contribution in [0, 0.1) is 47.3 Å². The topological polar surface area (TPSA) is 0 Å². The van der Waals surface area contributed by atoms with E-state index in [1.165, 1.54) is 51.4 Å². The molecule has 8 unspecified atom stereocenters. The summed E-state index contributed by atoms with van der Waals surface area (Å²) in [6.07, 6.45) is 15.2. The van der Waals surface area contributed by atoms with Crippen molar-refractivity contribution < 1.29 is 0 Å². The Labute approximate surface area is 139 Å². The monoisotopic (exact) mass is 304 g/mol. The molecule has 3 rings (SSSR count). The highest BCUT2D eigenvalue weighted by Gasteiger charge is 2.42. The summed E-state index contributed by atoms with van der Waals surface area (Å²) in [5, 5.41) is 0. The molecule has 0 aromatic heterocycles. The SMILES string of the molecule is CC1CCCCC1C1CC(C)C(C2CCCCC2C)CC1C. The van der Waals surface area contributed by atoms with Gasteiger partial charge in [0.1, 0.15) is 0 Å². The minimum absolute atomic E-state index is 0.987. The molecule has 0 heteroatoms. The first-order valence-corrected chi connectivity index (χ1v) is 10.6. The van der Waals surface area contributed by atoms with Gasteiger partial charge in [0, 0.05) is 0 Å². The molecule has 0 aliphatic heterocycles. The molecule has 0 nitrogen and oxygen atoms in total. The Morgan fingerprint density at radius 1 is 0.409 bits per heavy atom. The van der Waals surface area contributed by atoms with Gasteiger partial charge in [0.15, 0.2) is 0 Å². The highest BCUT2D eigenvalue weighted by molar-refractivity contribution is 4.92. The molecule has 0 heterocycles. The molecule has 3 saturated carbocycles. The summed E-state index contributed by atoms with van der Waals surface area (Å²) in [5.41, 5.74) is 0. The van der Waals surface area contributed by atoms with Gasteiger partial charge in [-0.15, -0.1) is 0 Å². The summed E-state index contributed by atoms with van der Waals surface area (Å²) >= 11 is 0. The molecular weight excluding hydrogens is 264 g/mol. The molecule has 0 bridgehead atoms. The van der Waals surface area contributed by atoms with Gasteiger partial charge in [-0.25, -0.2) is 0 Å². The van der Waals surface area contributed by atoms with Crippen LogP contribution >= 0.6 is 0 Å². The standard InChI is InChI=1S/C22H40/c1-15-9-5-7-11-19(15)21-13-18(4)22(14-17(21)3)20-12-8-6-10-16(20)2/h15-22H,5-14H2,1-4H3. The maximum Gasteiger partial charge on any atom is -0.0355 e. The summed E-state index contributed by atoms with van der Waals surface area (Å²) < 4.78 is 0. The highest BCUT2D eigenvalue weighted by atomic mass is 14.5. The largest absolute Gasteiger partial charge is 0.0622 e. The normalized spacial score (nSPS) is 50.7. The van der Waals surface area contributed by atoms with Gasteiger partial charge in [-0.1, -0.05) is 66.2 Å². The Bertz CT molecular complexity index is 312. The third-order valence-electron chi connectivity index (χ3n) is 8.21. The molecular formula is C22H40. The van der Waals surface area contributed by atoms with Crippen LogP contribution in [0.1, 0.15) is 91.9 Å². The first-order valence-electron chi connectivity index (χ1n) is 10.6. The van der Waals surface area contributed by atoms with E-state index in [0.29, 0.717) is 0 Å². The quantitative estimate of drug-likeness (QED) is 0.518. The average Bonchev–Trinajstić information content (AvgIpc) is 2.51. The van der Waals surface area contributed by atoms with Crippen LogP contribution < -0.4 is 0 Å². The third kappa shape index (κ3) is 3.41. The lowest BCUT2D eigenvalue weighted by Gasteiger charge is -2.49. The Hall–Kier alpha value is 0. The second-order valence-corrected chi connectivity index (χ2v) is 9.60. The minimum atomic E-state index is 0.987. The van der Waals surface area contributed by atoms with Crippen molar-refractivity contribution in [2.24, 2.45) is 47.3 Å². The van der Waals surface area contributed by atoms with E-state index in [0.717, 1.165) is 47.3 Å². The van der Waals surface area contributed by atoms with Gasteiger partial charge in [0.25, 0.3) is 0 Å². The van der Waals surface area contributed by atoms with Crippen LogP contribution in [0.15, 0.2) is 0 Å². The zero-order valence-corrected chi connectivity index (χ0v) is 15.7. The first kappa shape index (κ1) is 16.8. The number of hydrogen-bond acceptors (Lipinski definition) is 0. The van der Waals surface area contributed by atoms with Crippen molar-refractivity contribution in [1.29, 1.82) is 0 Å². The van der Waals surface area contributed by atoms with Crippen LogP contribution in [-0.2, 0) is 0 Å². The molecule has 0 spiro atoms. The molecule has 128 valence electrons. The lowest BCUT2D eigenvalue weighted by molar-refractivity contribution is 0.00575. The van der Waals surface area contributed by atoms with Gasteiger partial charge < -0.3 is 0 Å². The Kier molecular flexibility index (Phi) is 5.56. The van der Waals surface area contributed by atoms with E-state index in [4.69, 9.17) is 0 Å². The molecule has 0 saturated heterocycles. The molecule has 8 atom stereocenters. The van der Waals surface area contributed by atoms with E-state index in [1.807, 2.05) is 0 Å². The van der Waals surface area contributed by atoms with Crippen molar-refractivity contribution >= 4 is 0 Å². The summed E-state index contributed by atoms with van der Waals surface area (Å²) in [4.78, 5) is 0. The van der Waals surface area contributed by atoms with Crippen molar-refractivity contribution in [3.05, 3.63) is 0 Å². The fourth-order valence-corrected chi connectivity index (χ4v) is 6.83. The minimum Gasteiger partial charge on any atom is -0.0622 e. The molecule has 0 aromatic carbocycles. The van der Waals surface area contributed by atoms with Gasteiger partial charge in [-0.05, 0) is 73.0 Å².